The van der Waals surface area contributed by atoms with Gasteiger partial charge < -0.3 is 14.5 Å². The third-order valence-electron chi connectivity index (χ3n) is 6.91. The summed E-state index contributed by atoms with van der Waals surface area (Å²) < 4.78 is 6.26. The van der Waals surface area contributed by atoms with Crippen molar-refractivity contribution in [2.45, 2.75) is 57.4 Å². The molecular weight excluding hydrogens is 344 g/mol. The van der Waals surface area contributed by atoms with Crippen molar-refractivity contribution >= 4 is 11.8 Å². The summed E-state index contributed by atoms with van der Waals surface area (Å²) in [6.07, 6.45) is 8.17. The monoisotopic (exact) mass is 370 g/mol. The highest BCUT2D eigenvalue weighted by Gasteiger charge is 2.67. The molecule has 0 aromatic carbocycles. The van der Waals surface area contributed by atoms with Crippen LogP contribution in [0, 0.1) is 11.8 Å². The summed E-state index contributed by atoms with van der Waals surface area (Å²) in [4.78, 5) is 30.6. The minimum absolute atomic E-state index is 0.0443. The van der Waals surface area contributed by atoms with Crippen LogP contribution in [0.5, 0.6) is 0 Å². The van der Waals surface area contributed by atoms with E-state index in [9.17, 15) is 9.59 Å². The van der Waals surface area contributed by atoms with Gasteiger partial charge in [0.15, 0.2) is 0 Å². The molecule has 27 heavy (non-hydrogen) atoms. The Bertz CT molecular complexity index is 814. The van der Waals surface area contributed by atoms with Gasteiger partial charge in [0, 0.05) is 36.8 Å². The molecule has 144 valence electrons. The molecule has 4 aliphatic rings. The number of likely N-dealkylation sites (tertiary alicyclic amines) is 1. The predicted molar refractivity (Wildman–Crippen MR) is 97.5 cm³/mol. The van der Waals surface area contributed by atoms with Gasteiger partial charge >= 0.3 is 0 Å². The molecule has 1 N–H and O–H groups in total. The number of fused-ring (bicyclic) bond motifs is 2. The predicted octanol–water partition coefficient (Wildman–Crippen LogP) is 1.26. The third kappa shape index (κ3) is 2.27. The number of aromatic nitrogens is 2. The second-order valence-corrected chi connectivity index (χ2v) is 8.22. The summed E-state index contributed by atoms with van der Waals surface area (Å²) in [7, 11) is 0. The van der Waals surface area contributed by atoms with Gasteiger partial charge in [-0.05, 0) is 12.8 Å². The van der Waals surface area contributed by atoms with E-state index in [0.29, 0.717) is 19.6 Å². The van der Waals surface area contributed by atoms with Crippen LogP contribution in [0.2, 0.25) is 0 Å². The average molecular weight is 370 g/mol. The molecule has 0 saturated carbocycles. The highest BCUT2D eigenvalue weighted by molar-refractivity contribution is 5.93. The van der Waals surface area contributed by atoms with E-state index in [1.807, 2.05) is 22.0 Å². The molecule has 1 spiro atoms. The number of ether oxygens (including phenoxy) is 1. The van der Waals surface area contributed by atoms with E-state index in [0.717, 1.165) is 30.5 Å². The molecule has 2 saturated heterocycles. The van der Waals surface area contributed by atoms with Crippen molar-refractivity contribution in [3.8, 4) is 0 Å². The van der Waals surface area contributed by atoms with Gasteiger partial charge in [0.25, 0.3) is 0 Å². The van der Waals surface area contributed by atoms with Gasteiger partial charge in [-0.1, -0.05) is 26.0 Å². The Morgan fingerprint density at radius 2 is 2.26 bits per heavy atom. The number of hydrogen-bond acceptors (Lipinski definition) is 4. The number of carbonyl (C=O) groups excluding carboxylic acids is 2. The number of nitrogens with zero attached hydrogens (tertiary/aromatic N) is 3. The molecule has 2 fully saturated rings. The fourth-order valence-corrected chi connectivity index (χ4v) is 5.47. The first-order valence-electron chi connectivity index (χ1n) is 10.1. The van der Waals surface area contributed by atoms with Crippen LogP contribution in [0.15, 0.2) is 18.3 Å². The van der Waals surface area contributed by atoms with Crippen molar-refractivity contribution < 1.29 is 14.3 Å². The zero-order valence-corrected chi connectivity index (χ0v) is 15.9. The minimum Gasteiger partial charge on any atom is -0.360 e. The summed E-state index contributed by atoms with van der Waals surface area (Å²) in [5, 5.41) is 7.09. The van der Waals surface area contributed by atoms with Crippen LogP contribution in [0.3, 0.4) is 0 Å². The molecule has 2 bridgehead atoms. The van der Waals surface area contributed by atoms with E-state index in [-0.39, 0.29) is 29.9 Å². The van der Waals surface area contributed by atoms with Gasteiger partial charge in [0.2, 0.25) is 11.8 Å². The zero-order chi connectivity index (χ0) is 18.8. The minimum atomic E-state index is -0.610. The Morgan fingerprint density at radius 3 is 3.04 bits per heavy atom. The van der Waals surface area contributed by atoms with Crippen molar-refractivity contribution in [1.29, 1.82) is 0 Å². The molecule has 5 rings (SSSR count). The van der Waals surface area contributed by atoms with Crippen LogP contribution in [-0.4, -0.2) is 62.6 Å². The second kappa shape index (κ2) is 5.92. The van der Waals surface area contributed by atoms with E-state index in [4.69, 9.17) is 4.74 Å². The summed E-state index contributed by atoms with van der Waals surface area (Å²) in [6, 6.07) is 0.216. The largest absolute Gasteiger partial charge is 0.360 e. The standard InChI is InChI=1S/C20H26N4O3/c1-3-13(4-2)24-11-20-7-5-15(27-20)16(17(20)19(24)26)18(25)23-8-6-14-12(10-23)9-21-22-14/h5,7,9,13,15-17H,3-4,6,8,10-11H2,1-2H3,(H,21,22)/t15-,16+,17-,20-/m0/s1. The Kier molecular flexibility index (Phi) is 3.73. The van der Waals surface area contributed by atoms with E-state index < -0.39 is 11.5 Å². The van der Waals surface area contributed by atoms with Crippen LogP contribution >= 0.6 is 0 Å². The molecule has 1 aromatic rings. The maximum absolute atomic E-state index is 13.4. The topological polar surface area (TPSA) is 78.5 Å². The highest BCUT2D eigenvalue weighted by atomic mass is 16.5. The van der Waals surface area contributed by atoms with Crippen molar-refractivity contribution in [2.24, 2.45) is 11.8 Å². The molecular formula is C20H26N4O3. The summed E-state index contributed by atoms with van der Waals surface area (Å²) in [6.45, 7) is 6.01. The second-order valence-electron chi connectivity index (χ2n) is 8.22. The normalized spacial score (nSPS) is 33.9. The van der Waals surface area contributed by atoms with Crippen molar-refractivity contribution in [2.75, 3.05) is 13.1 Å². The SMILES string of the molecule is CCC(CC)N1C[C@]23C=C[C@H](O2)[C@@H](C(=O)N2CCc4[nH]ncc4C2)[C@H]3C1=O. The molecule has 4 atom stereocenters. The first-order valence-corrected chi connectivity index (χ1v) is 10.1. The lowest BCUT2D eigenvalue weighted by atomic mass is 9.76. The number of rotatable bonds is 4. The van der Waals surface area contributed by atoms with Crippen LogP contribution in [-0.2, 0) is 27.3 Å². The Labute approximate surface area is 158 Å². The van der Waals surface area contributed by atoms with Gasteiger partial charge in [0.1, 0.15) is 5.60 Å². The van der Waals surface area contributed by atoms with Gasteiger partial charge in [-0.3, -0.25) is 14.7 Å². The number of hydrogen-bond donors (Lipinski definition) is 1. The zero-order valence-electron chi connectivity index (χ0n) is 15.9. The van der Waals surface area contributed by atoms with Crippen molar-refractivity contribution in [3.63, 3.8) is 0 Å². The average Bonchev–Trinajstić information content (AvgIpc) is 3.43. The van der Waals surface area contributed by atoms with Gasteiger partial charge in [-0.25, -0.2) is 0 Å². The van der Waals surface area contributed by atoms with Gasteiger partial charge in [-0.15, -0.1) is 0 Å². The summed E-state index contributed by atoms with van der Waals surface area (Å²) >= 11 is 0. The first kappa shape index (κ1) is 17.0. The Hall–Kier alpha value is -2.15. The maximum atomic E-state index is 13.4. The van der Waals surface area contributed by atoms with E-state index >= 15 is 0 Å². The lowest BCUT2D eigenvalue weighted by molar-refractivity contribution is -0.144. The van der Waals surface area contributed by atoms with Crippen LogP contribution < -0.4 is 0 Å². The number of nitrogens with one attached hydrogen (secondary N) is 1. The molecule has 0 unspecified atom stereocenters. The molecule has 5 heterocycles. The van der Waals surface area contributed by atoms with Crippen molar-refractivity contribution in [1.82, 2.24) is 20.0 Å². The third-order valence-corrected chi connectivity index (χ3v) is 6.91. The van der Waals surface area contributed by atoms with Crippen LogP contribution in [0.4, 0.5) is 0 Å². The fraction of sp³-hybridized carbons (Fsp3) is 0.650. The molecule has 0 aliphatic carbocycles. The molecule has 0 radical (unpaired) electrons. The van der Waals surface area contributed by atoms with E-state index in [1.165, 1.54) is 0 Å². The molecule has 7 nitrogen and oxygen atoms in total. The van der Waals surface area contributed by atoms with E-state index in [1.54, 1.807) is 6.20 Å². The van der Waals surface area contributed by atoms with Gasteiger partial charge in [-0.2, -0.15) is 5.10 Å². The van der Waals surface area contributed by atoms with Gasteiger partial charge in [0.05, 0.1) is 30.7 Å². The number of H-pyrrole nitrogens is 1. The molecule has 7 heteroatoms. The first-order chi connectivity index (χ1) is 13.1. The lowest BCUT2D eigenvalue weighted by Gasteiger charge is -2.32. The number of aromatic amines is 1. The summed E-state index contributed by atoms with van der Waals surface area (Å²) in [5.41, 5.74) is 1.57. The fourth-order valence-electron chi connectivity index (χ4n) is 5.47. The van der Waals surface area contributed by atoms with Crippen molar-refractivity contribution in [3.05, 3.63) is 29.6 Å². The Balaban J connectivity index is 1.42. The molecule has 1 aromatic heterocycles. The van der Waals surface area contributed by atoms with Crippen LogP contribution in [0.1, 0.15) is 37.9 Å². The molecule has 2 amide bonds. The maximum Gasteiger partial charge on any atom is 0.230 e. The summed E-state index contributed by atoms with van der Waals surface area (Å²) in [5.74, 6) is -0.653. The van der Waals surface area contributed by atoms with Crippen LogP contribution in [0.25, 0.3) is 0 Å². The lowest BCUT2D eigenvalue weighted by Crippen LogP contribution is -2.47. The van der Waals surface area contributed by atoms with E-state index in [2.05, 4.69) is 24.0 Å². The quantitative estimate of drug-likeness (QED) is 0.810. The number of carbonyl (C=O) groups is 2. The smallest absolute Gasteiger partial charge is 0.230 e. The Morgan fingerprint density at radius 1 is 1.44 bits per heavy atom. The number of amides is 2. The highest BCUT2D eigenvalue weighted by Crippen LogP contribution is 2.53. The molecule has 4 aliphatic heterocycles.